The fraction of sp³-hybridized carbons (Fsp3) is 0.727. The van der Waals surface area contributed by atoms with Crippen molar-refractivity contribution in [1.29, 1.82) is 5.26 Å². The zero-order chi connectivity index (χ0) is 13.0. The second kappa shape index (κ2) is 6.07. The first-order chi connectivity index (χ1) is 8.76. The Kier molecular flexibility index (Phi) is 4.44. The molecule has 2 heterocycles. The molecule has 7 heteroatoms. The molecular formula is C11H17N5OS. The highest BCUT2D eigenvalue weighted by molar-refractivity contribution is 8.00. The van der Waals surface area contributed by atoms with Crippen molar-refractivity contribution in [3.05, 3.63) is 0 Å². The number of rotatable bonds is 4. The van der Waals surface area contributed by atoms with Gasteiger partial charge in [-0.3, -0.25) is 4.57 Å². The molecule has 1 saturated heterocycles. The number of nitrogens with zero attached hydrogens (tertiary/aromatic N) is 5. The zero-order valence-electron chi connectivity index (χ0n) is 10.7. The van der Waals surface area contributed by atoms with Crippen LogP contribution in [0.3, 0.4) is 0 Å². The number of thioether (sulfide) groups is 1. The summed E-state index contributed by atoms with van der Waals surface area (Å²) in [4.78, 5) is 2.18. The highest BCUT2D eigenvalue weighted by atomic mass is 32.2. The summed E-state index contributed by atoms with van der Waals surface area (Å²) in [6.45, 7) is 7.89. The Morgan fingerprint density at radius 1 is 1.44 bits per heavy atom. The molecule has 18 heavy (non-hydrogen) atoms. The molecule has 98 valence electrons. The third-order valence-electron chi connectivity index (χ3n) is 2.77. The third-order valence-corrected chi connectivity index (χ3v) is 3.74. The van der Waals surface area contributed by atoms with Gasteiger partial charge in [-0.25, -0.2) is 0 Å². The summed E-state index contributed by atoms with van der Waals surface area (Å²) < 4.78 is 7.40. The van der Waals surface area contributed by atoms with E-state index in [2.05, 4.69) is 32.7 Å². The van der Waals surface area contributed by atoms with E-state index in [9.17, 15) is 0 Å². The summed E-state index contributed by atoms with van der Waals surface area (Å²) >= 11 is 1.45. The van der Waals surface area contributed by atoms with E-state index in [0.29, 0.717) is 0 Å². The minimum atomic E-state index is -0.114. The lowest BCUT2D eigenvalue weighted by Gasteiger charge is -2.27. The summed E-state index contributed by atoms with van der Waals surface area (Å²) in [5.41, 5.74) is 0. The summed E-state index contributed by atoms with van der Waals surface area (Å²) in [6, 6.07) is 2.20. The molecule has 1 aliphatic rings. The van der Waals surface area contributed by atoms with Crippen LogP contribution in [0.4, 0.5) is 5.95 Å². The normalized spacial score (nSPS) is 17.5. The first-order valence-electron chi connectivity index (χ1n) is 6.08. The second-order valence-corrected chi connectivity index (χ2v) is 5.32. The molecule has 0 radical (unpaired) electrons. The highest BCUT2D eigenvalue weighted by Gasteiger charge is 2.20. The number of ether oxygens (including phenoxy) is 1. The molecule has 0 aromatic carbocycles. The maximum atomic E-state index is 8.86. The predicted molar refractivity (Wildman–Crippen MR) is 69.7 cm³/mol. The number of anilines is 1. The van der Waals surface area contributed by atoms with E-state index in [1.165, 1.54) is 11.8 Å². The Labute approximate surface area is 111 Å². The average Bonchev–Trinajstić information content (AvgIpc) is 2.82. The van der Waals surface area contributed by atoms with E-state index in [-0.39, 0.29) is 5.25 Å². The van der Waals surface area contributed by atoms with Gasteiger partial charge >= 0.3 is 0 Å². The van der Waals surface area contributed by atoms with E-state index in [0.717, 1.165) is 44.0 Å². The maximum Gasteiger partial charge on any atom is 0.228 e. The van der Waals surface area contributed by atoms with Gasteiger partial charge in [-0.15, -0.1) is 10.2 Å². The van der Waals surface area contributed by atoms with E-state index >= 15 is 0 Å². The highest BCUT2D eigenvalue weighted by Crippen LogP contribution is 2.25. The van der Waals surface area contributed by atoms with Crippen LogP contribution in [-0.2, 0) is 11.3 Å². The predicted octanol–water partition coefficient (Wildman–Crippen LogP) is 1.14. The Balaban J connectivity index is 2.18. The lowest BCUT2D eigenvalue weighted by Crippen LogP contribution is -2.38. The zero-order valence-corrected chi connectivity index (χ0v) is 11.5. The van der Waals surface area contributed by atoms with Gasteiger partial charge in [0.15, 0.2) is 5.16 Å². The molecule has 1 atom stereocenters. The molecule has 2 rings (SSSR count). The molecule has 1 fully saturated rings. The van der Waals surface area contributed by atoms with Crippen molar-refractivity contribution < 1.29 is 4.74 Å². The van der Waals surface area contributed by atoms with Gasteiger partial charge in [-0.05, 0) is 13.8 Å². The quantitative estimate of drug-likeness (QED) is 0.762. The minimum Gasteiger partial charge on any atom is -0.378 e. The van der Waals surface area contributed by atoms with Crippen LogP contribution in [0.1, 0.15) is 13.8 Å². The minimum absolute atomic E-state index is 0.114. The van der Waals surface area contributed by atoms with Crippen molar-refractivity contribution in [1.82, 2.24) is 14.8 Å². The van der Waals surface area contributed by atoms with Crippen LogP contribution in [-0.4, -0.2) is 46.3 Å². The van der Waals surface area contributed by atoms with Crippen molar-refractivity contribution in [2.24, 2.45) is 0 Å². The van der Waals surface area contributed by atoms with Crippen molar-refractivity contribution in [2.45, 2.75) is 30.8 Å². The first-order valence-corrected chi connectivity index (χ1v) is 6.96. The van der Waals surface area contributed by atoms with E-state index in [1.807, 2.05) is 6.92 Å². The van der Waals surface area contributed by atoms with Gasteiger partial charge in [0.05, 0.1) is 24.5 Å². The number of morpholine rings is 1. The Bertz CT molecular complexity index is 435. The molecule has 1 aliphatic heterocycles. The average molecular weight is 267 g/mol. The molecule has 0 amide bonds. The molecule has 0 unspecified atom stereocenters. The van der Waals surface area contributed by atoms with Gasteiger partial charge in [0, 0.05) is 19.6 Å². The molecular weight excluding hydrogens is 250 g/mol. The molecule has 0 saturated carbocycles. The molecule has 1 aromatic rings. The van der Waals surface area contributed by atoms with Crippen LogP contribution < -0.4 is 4.90 Å². The van der Waals surface area contributed by atoms with Crippen LogP contribution >= 0.6 is 11.8 Å². The Morgan fingerprint density at radius 3 is 2.78 bits per heavy atom. The Hall–Kier alpha value is -1.26. The van der Waals surface area contributed by atoms with Crippen molar-refractivity contribution in [3.8, 4) is 6.07 Å². The summed E-state index contributed by atoms with van der Waals surface area (Å²) in [5.74, 6) is 0.883. The molecule has 0 bridgehead atoms. The topological polar surface area (TPSA) is 67.0 Å². The SMILES string of the molecule is CCn1c(S[C@@H](C)C#N)nnc1N1CCOCC1. The van der Waals surface area contributed by atoms with Crippen molar-refractivity contribution in [3.63, 3.8) is 0 Å². The largest absolute Gasteiger partial charge is 0.378 e. The second-order valence-electron chi connectivity index (χ2n) is 4.02. The summed E-state index contributed by atoms with van der Waals surface area (Å²) in [7, 11) is 0. The van der Waals surface area contributed by atoms with Gasteiger partial charge in [-0.1, -0.05) is 11.8 Å². The van der Waals surface area contributed by atoms with Gasteiger partial charge in [0.1, 0.15) is 0 Å². The third kappa shape index (κ3) is 2.76. The van der Waals surface area contributed by atoms with E-state index < -0.39 is 0 Å². The maximum absolute atomic E-state index is 8.86. The van der Waals surface area contributed by atoms with Crippen LogP contribution in [0.5, 0.6) is 0 Å². The van der Waals surface area contributed by atoms with Gasteiger partial charge in [0.2, 0.25) is 5.95 Å². The van der Waals surface area contributed by atoms with E-state index in [1.54, 1.807) is 0 Å². The van der Waals surface area contributed by atoms with E-state index in [4.69, 9.17) is 10.00 Å². The number of hydrogen-bond acceptors (Lipinski definition) is 6. The standard InChI is InChI=1S/C11H17N5OS/c1-3-16-10(15-4-6-17-7-5-15)13-14-11(16)18-9(2)8-12/h9H,3-7H2,1-2H3/t9-/m0/s1. The summed E-state index contributed by atoms with van der Waals surface area (Å²) in [6.07, 6.45) is 0. The molecule has 0 aliphatic carbocycles. The van der Waals surface area contributed by atoms with Crippen LogP contribution in [0, 0.1) is 11.3 Å². The van der Waals surface area contributed by atoms with Crippen LogP contribution in [0.25, 0.3) is 0 Å². The smallest absolute Gasteiger partial charge is 0.228 e. The van der Waals surface area contributed by atoms with Gasteiger partial charge in [-0.2, -0.15) is 5.26 Å². The molecule has 6 nitrogen and oxygen atoms in total. The molecule has 0 spiro atoms. The van der Waals surface area contributed by atoms with Gasteiger partial charge < -0.3 is 9.64 Å². The summed E-state index contributed by atoms with van der Waals surface area (Å²) in [5, 5.41) is 18.0. The van der Waals surface area contributed by atoms with Crippen LogP contribution in [0.2, 0.25) is 0 Å². The van der Waals surface area contributed by atoms with Gasteiger partial charge in [0.25, 0.3) is 0 Å². The fourth-order valence-corrected chi connectivity index (χ4v) is 2.62. The molecule has 1 aromatic heterocycles. The van der Waals surface area contributed by atoms with Crippen molar-refractivity contribution in [2.75, 3.05) is 31.2 Å². The fourth-order valence-electron chi connectivity index (χ4n) is 1.83. The van der Waals surface area contributed by atoms with Crippen LogP contribution in [0.15, 0.2) is 5.16 Å². The number of aromatic nitrogens is 3. The first kappa shape index (κ1) is 13.2. The lowest BCUT2D eigenvalue weighted by molar-refractivity contribution is 0.121. The molecule has 0 N–H and O–H groups in total. The lowest BCUT2D eigenvalue weighted by atomic mass is 10.4. The number of nitriles is 1. The number of hydrogen-bond donors (Lipinski definition) is 0. The van der Waals surface area contributed by atoms with Crippen molar-refractivity contribution >= 4 is 17.7 Å². The Morgan fingerprint density at radius 2 is 2.17 bits per heavy atom. The monoisotopic (exact) mass is 267 g/mol.